The maximum absolute atomic E-state index is 5.74. The lowest BCUT2D eigenvalue weighted by Crippen LogP contribution is -2.13. The SMILES string of the molecule is CCCCCCCCCCCCCCCCC(CC)CN. The van der Waals surface area contributed by atoms with Gasteiger partial charge in [-0.05, 0) is 18.9 Å². The zero-order chi connectivity index (χ0) is 15.6. The molecule has 0 rings (SSSR count). The van der Waals surface area contributed by atoms with Crippen molar-refractivity contribution in [3.05, 3.63) is 0 Å². The fraction of sp³-hybridized carbons (Fsp3) is 1.00. The molecule has 0 aliphatic rings. The van der Waals surface area contributed by atoms with E-state index in [2.05, 4.69) is 13.8 Å². The van der Waals surface area contributed by atoms with Crippen molar-refractivity contribution in [2.75, 3.05) is 6.54 Å². The summed E-state index contributed by atoms with van der Waals surface area (Å²) >= 11 is 0. The van der Waals surface area contributed by atoms with E-state index in [0.717, 1.165) is 12.5 Å². The van der Waals surface area contributed by atoms with Gasteiger partial charge in [0.2, 0.25) is 0 Å². The molecule has 0 aromatic carbocycles. The van der Waals surface area contributed by atoms with Crippen LogP contribution in [0.3, 0.4) is 0 Å². The summed E-state index contributed by atoms with van der Waals surface area (Å²) in [5.74, 6) is 0.780. The average Bonchev–Trinajstić information content (AvgIpc) is 2.51. The van der Waals surface area contributed by atoms with Crippen LogP contribution < -0.4 is 5.73 Å². The largest absolute Gasteiger partial charge is 0.330 e. The standard InChI is InChI=1S/C20H43N/c1-3-5-6-7-8-9-10-11-12-13-14-15-16-17-18-20(4-2)19-21/h20H,3-19,21H2,1-2H3. The molecule has 0 radical (unpaired) electrons. The molecule has 0 aromatic heterocycles. The van der Waals surface area contributed by atoms with Crippen LogP contribution in [0.2, 0.25) is 0 Å². The Hall–Kier alpha value is -0.0400. The average molecular weight is 298 g/mol. The van der Waals surface area contributed by atoms with Gasteiger partial charge < -0.3 is 5.73 Å². The maximum atomic E-state index is 5.74. The highest BCUT2D eigenvalue weighted by Gasteiger charge is 2.02. The Labute approximate surface area is 135 Å². The topological polar surface area (TPSA) is 26.0 Å². The molecular weight excluding hydrogens is 254 g/mol. The van der Waals surface area contributed by atoms with Gasteiger partial charge in [0.15, 0.2) is 0 Å². The monoisotopic (exact) mass is 297 g/mol. The van der Waals surface area contributed by atoms with Crippen molar-refractivity contribution in [1.29, 1.82) is 0 Å². The van der Waals surface area contributed by atoms with E-state index in [9.17, 15) is 0 Å². The second-order valence-corrected chi connectivity index (χ2v) is 6.89. The summed E-state index contributed by atoms with van der Waals surface area (Å²) in [7, 11) is 0. The summed E-state index contributed by atoms with van der Waals surface area (Å²) in [6, 6.07) is 0. The fourth-order valence-corrected chi connectivity index (χ4v) is 3.12. The zero-order valence-corrected chi connectivity index (χ0v) is 15.2. The third-order valence-electron chi connectivity index (χ3n) is 4.88. The van der Waals surface area contributed by atoms with Gasteiger partial charge in [0.1, 0.15) is 0 Å². The summed E-state index contributed by atoms with van der Waals surface area (Å²) in [5.41, 5.74) is 5.74. The van der Waals surface area contributed by atoms with E-state index in [0.29, 0.717) is 0 Å². The summed E-state index contributed by atoms with van der Waals surface area (Å²) < 4.78 is 0. The van der Waals surface area contributed by atoms with Gasteiger partial charge in [-0.1, -0.05) is 110 Å². The van der Waals surface area contributed by atoms with Gasteiger partial charge in [-0.25, -0.2) is 0 Å². The van der Waals surface area contributed by atoms with Gasteiger partial charge in [-0.2, -0.15) is 0 Å². The molecule has 0 heterocycles. The van der Waals surface area contributed by atoms with Crippen molar-refractivity contribution >= 4 is 0 Å². The fourth-order valence-electron chi connectivity index (χ4n) is 3.12. The maximum Gasteiger partial charge on any atom is -0.00490 e. The predicted molar refractivity (Wildman–Crippen MR) is 97.8 cm³/mol. The van der Waals surface area contributed by atoms with Gasteiger partial charge in [0.25, 0.3) is 0 Å². The first-order chi connectivity index (χ1) is 10.3. The summed E-state index contributed by atoms with van der Waals surface area (Å²) in [4.78, 5) is 0. The van der Waals surface area contributed by atoms with Gasteiger partial charge in [-0.15, -0.1) is 0 Å². The van der Waals surface area contributed by atoms with E-state index in [1.165, 1.54) is 103 Å². The Morgan fingerprint density at radius 2 is 0.952 bits per heavy atom. The molecule has 0 aliphatic heterocycles. The molecule has 0 aromatic rings. The number of hydrogen-bond acceptors (Lipinski definition) is 1. The normalized spacial score (nSPS) is 12.7. The molecule has 0 fully saturated rings. The lowest BCUT2D eigenvalue weighted by atomic mass is 9.98. The van der Waals surface area contributed by atoms with Crippen molar-refractivity contribution in [2.45, 2.75) is 117 Å². The molecule has 0 saturated carbocycles. The number of hydrogen-bond donors (Lipinski definition) is 1. The van der Waals surface area contributed by atoms with Crippen molar-refractivity contribution in [2.24, 2.45) is 11.7 Å². The van der Waals surface area contributed by atoms with E-state index >= 15 is 0 Å². The Balaban J connectivity index is 3.02. The van der Waals surface area contributed by atoms with E-state index in [-0.39, 0.29) is 0 Å². The third kappa shape index (κ3) is 16.2. The van der Waals surface area contributed by atoms with E-state index in [1.807, 2.05) is 0 Å². The van der Waals surface area contributed by atoms with Crippen LogP contribution in [0.15, 0.2) is 0 Å². The van der Waals surface area contributed by atoms with E-state index in [4.69, 9.17) is 5.73 Å². The molecule has 0 bridgehead atoms. The minimum absolute atomic E-state index is 0.780. The van der Waals surface area contributed by atoms with Crippen molar-refractivity contribution in [3.63, 3.8) is 0 Å². The highest BCUT2D eigenvalue weighted by atomic mass is 14.5. The highest BCUT2D eigenvalue weighted by Crippen LogP contribution is 2.15. The molecule has 1 atom stereocenters. The first-order valence-corrected chi connectivity index (χ1v) is 10.0. The molecule has 1 heteroatoms. The Bertz CT molecular complexity index is 175. The minimum Gasteiger partial charge on any atom is -0.330 e. The van der Waals surface area contributed by atoms with Crippen LogP contribution in [-0.2, 0) is 0 Å². The first kappa shape index (κ1) is 21.0. The molecule has 2 N–H and O–H groups in total. The number of rotatable bonds is 17. The van der Waals surface area contributed by atoms with Crippen LogP contribution in [0.5, 0.6) is 0 Å². The highest BCUT2D eigenvalue weighted by molar-refractivity contribution is 4.58. The van der Waals surface area contributed by atoms with Crippen LogP contribution in [0.1, 0.15) is 117 Å². The molecule has 0 aliphatic carbocycles. The molecule has 21 heavy (non-hydrogen) atoms. The van der Waals surface area contributed by atoms with Gasteiger partial charge in [0.05, 0.1) is 0 Å². The number of nitrogens with two attached hydrogens (primary N) is 1. The zero-order valence-electron chi connectivity index (χ0n) is 15.2. The third-order valence-corrected chi connectivity index (χ3v) is 4.88. The lowest BCUT2D eigenvalue weighted by Gasteiger charge is -2.11. The Morgan fingerprint density at radius 1 is 0.571 bits per heavy atom. The minimum atomic E-state index is 0.780. The van der Waals surface area contributed by atoms with Crippen LogP contribution in [0.25, 0.3) is 0 Å². The molecule has 128 valence electrons. The second kappa shape index (κ2) is 18.0. The van der Waals surface area contributed by atoms with Gasteiger partial charge in [0, 0.05) is 0 Å². The lowest BCUT2D eigenvalue weighted by molar-refractivity contribution is 0.445. The summed E-state index contributed by atoms with van der Waals surface area (Å²) in [5, 5.41) is 0. The van der Waals surface area contributed by atoms with Crippen molar-refractivity contribution in [3.8, 4) is 0 Å². The Morgan fingerprint density at radius 3 is 1.29 bits per heavy atom. The van der Waals surface area contributed by atoms with Crippen LogP contribution in [-0.4, -0.2) is 6.54 Å². The molecule has 1 nitrogen and oxygen atoms in total. The molecule has 0 saturated heterocycles. The van der Waals surface area contributed by atoms with Crippen molar-refractivity contribution < 1.29 is 0 Å². The molecule has 1 unspecified atom stereocenters. The van der Waals surface area contributed by atoms with Gasteiger partial charge >= 0.3 is 0 Å². The Kier molecular flexibility index (Phi) is 18.0. The predicted octanol–water partition coefficient (Wildman–Crippen LogP) is 6.84. The van der Waals surface area contributed by atoms with Crippen LogP contribution >= 0.6 is 0 Å². The smallest absolute Gasteiger partial charge is 0.00490 e. The van der Waals surface area contributed by atoms with E-state index < -0.39 is 0 Å². The molecule has 0 amide bonds. The quantitative estimate of drug-likeness (QED) is 0.292. The first-order valence-electron chi connectivity index (χ1n) is 10.0. The van der Waals surface area contributed by atoms with Crippen molar-refractivity contribution in [1.82, 2.24) is 0 Å². The summed E-state index contributed by atoms with van der Waals surface area (Å²) in [6.07, 6.45) is 22.9. The number of unbranched alkanes of at least 4 members (excludes halogenated alkanes) is 13. The van der Waals surface area contributed by atoms with Crippen LogP contribution in [0.4, 0.5) is 0 Å². The van der Waals surface area contributed by atoms with E-state index in [1.54, 1.807) is 0 Å². The van der Waals surface area contributed by atoms with Crippen LogP contribution in [0, 0.1) is 5.92 Å². The molecular formula is C20H43N. The molecule has 0 spiro atoms. The van der Waals surface area contributed by atoms with Gasteiger partial charge in [-0.3, -0.25) is 0 Å². The second-order valence-electron chi connectivity index (χ2n) is 6.89. The summed E-state index contributed by atoms with van der Waals surface area (Å²) in [6.45, 7) is 5.44.